The summed E-state index contributed by atoms with van der Waals surface area (Å²) in [5, 5.41) is 15.4. The van der Waals surface area contributed by atoms with Crippen LogP contribution in [-0.2, 0) is 17.8 Å². The molecule has 3 atom stereocenters. The number of carboxylic acid groups (broad SMARTS) is 1. The van der Waals surface area contributed by atoms with E-state index in [-0.39, 0.29) is 12.0 Å². The summed E-state index contributed by atoms with van der Waals surface area (Å²) in [6.45, 7) is 10.2. The maximum atomic E-state index is 12.7. The van der Waals surface area contributed by atoms with Gasteiger partial charge in [0.05, 0.1) is 12.8 Å². The molecule has 0 spiro atoms. The highest BCUT2D eigenvalue weighted by Gasteiger charge is 2.43. The van der Waals surface area contributed by atoms with Crippen molar-refractivity contribution in [3.8, 4) is 5.75 Å². The number of piperidine rings is 1. The maximum Gasteiger partial charge on any atom is 0.321 e. The van der Waals surface area contributed by atoms with Crippen LogP contribution < -0.4 is 4.74 Å². The summed E-state index contributed by atoms with van der Waals surface area (Å²) in [5.41, 5.74) is 6.42. The summed E-state index contributed by atoms with van der Waals surface area (Å²) < 4.78 is 7.54. The number of carboxylic acids is 1. The minimum atomic E-state index is -0.620. The second-order valence-electron chi connectivity index (χ2n) is 13.9. The predicted molar refractivity (Wildman–Crippen MR) is 179 cm³/mol. The van der Waals surface area contributed by atoms with Crippen molar-refractivity contribution in [1.29, 1.82) is 0 Å². The molecule has 2 saturated heterocycles. The molecular weight excluding hydrogens is 560 g/mol. The van der Waals surface area contributed by atoms with Gasteiger partial charge in [-0.1, -0.05) is 61.2 Å². The van der Waals surface area contributed by atoms with Crippen LogP contribution in [0.25, 0.3) is 0 Å². The van der Waals surface area contributed by atoms with Gasteiger partial charge in [0.25, 0.3) is 0 Å². The number of benzene rings is 2. The summed E-state index contributed by atoms with van der Waals surface area (Å²) in [7, 11) is 1.70. The fraction of sp³-hybridized carbons (Fsp3) is 0.579. The summed E-state index contributed by atoms with van der Waals surface area (Å²) in [4.78, 5) is 17.7. The zero-order chi connectivity index (χ0) is 31.3. The highest BCUT2D eigenvalue weighted by atomic mass is 16.5. The van der Waals surface area contributed by atoms with E-state index in [1.807, 2.05) is 12.1 Å². The van der Waals surface area contributed by atoms with Crippen molar-refractivity contribution in [2.45, 2.75) is 89.6 Å². The normalized spacial score (nSPS) is 22.9. The minimum Gasteiger partial charge on any atom is -0.497 e. The van der Waals surface area contributed by atoms with Crippen LogP contribution in [0.3, 0.4) is 0 Å². The van der Waals surface area contributed by atoms with Crippen LogP contribution in [0.15, 0.2) is 54.6 Å². The Balaban J connectivity index is 1.12. The van der Waals surface area contributed by atoms with Gasteiger partial charge in [-0.2, -0.15) is 5.10 Å². The monoisotopic (exact) mass is 612 g/mol. The molecule has 1 saturated carbocycles. The molecule has 0 radical (unpaired) electrons. The zero-order valence-electron chi connectivity index (χ0n) is 27.5. The van der Waals surface area contributed by atoms with Crippen LogP contribution in [0, 0.1) is 18.8 Å². The molecule has 1 N–H and O–H groups in total. The molecule has 1 aromatic heterocycles. The van der Waals surface area contributed by atoms with Crippen molar-refractivity contribution < 1.29 is 14.6 Å². The molecule has 0 amide bonds. The van der Waals surface area contributed by atoms with Crippen LogP contribution >= 0.6 is 0 Å². The molecule has 2 aromatic carbocycles. The number of hydrogen-bond donors (Lipinski definition) is 1. The zero-order valence-corrected chi connectivity index (χ0v) is 27.5. The summed E-state index contributed by atoms with van der Waals surface area (Å²) in [6.07, 6.45) is 8.80. The quantitative estimate of drug-likeness (QED) is 0.259. The first-order valence-corrected chi connectivity index (χ1v) is 17.4. The molecule has 7 nitrogen and oxygen atoms in total. The van der Waals surface area contributed by atoms with Crippen molar-refractivity contribution in [3.05, 3.63) is 82.7 Å². The Morgan fingerprint density at radius 2 is 1.76 bits per heavy atom. The standard InChI is InChI=1S/C38H52N4O3/c1-4-42-36(23-33(39-42)22-28-13-15-34(45-3)16-14-28)29-17-19-40(20-18-29)24-32-25-41(26-35(32)31-12-8-9-27(2)21-31)37(38(43)44)30-10-6-5-7-11-30/h8-9,12-16,21,23,29-30,32,35,37H,4-7,10-11,17-20,22,24-26H2,1-3H3,(H,43,44)/t32-,35+,37+/m0/s1. The van der Waals surface area contributed by atoms with Gasteiger partial charge in [0.2, 0.25) is 0 Å². The first kappa shape index (κ1) is 31.8. The number of aromatic nitrogens is 2. The third kappa shape index (κ3) is 7.47. The van der Waals surface area contributed by atoms with Crippen molar-refractivity contribution in [3.63, 3.8) is 0 Å². The number of carbonyl (C=O) groups is 1. The molecule has 3 fully saturated rings. The van der Waals surface area contributed by atoms with Gasteiger partial charge in [0.1, 0.15) is 11.8 Å². The Kier molecular flexibility index (Phi) is 10.3. The Morgan fingerprint density at radius 3 is 2.42 bits per heavy atom. The third-order valence-electron chi connectivity index (χ3n) is 10.9. The molecule has 2 aliphatic heterocycles. The van der Waals surface area contributed by atoms with Crippen LogP contribution in [0.1, 0.15) is 91.8 Å². The number of likely N-dealkylation sites (tertiary alicyclic amines) is 2. The Bertz CT molecular complexity index is 1400. The lowest BCUT2D eigenvalue weighted by molar-refractivity contribution is -0.145. The number of aliphatic carboxylic acids is 1. The molecule has 7 heteroatoms. The third-order valence-corrected chi connectivity index (χ3v) is 10.9. The molecular formula is C38H52N4O3. The fourth-order valence-corrected chi connectivity index (χ4v) is 8.55. The number of nitrogens with zero attached hydrogens (tertiary/aromatic N) is 4. The highest BCUT2D eigenvalue weighted by molar-refractivity contribution is 5.74. The molecule has 0 bridgehead atoms. The van der Waals surface area contributed by atoms with Crippen molar-refractivity contribution >= 4 is 5.97 Å². The maximum absolute atomic E-state index is 12.7. The lowest BCUT2D eigenvalue weighted by atomic mass is 9.83. The number of methoxy groups -OCH3 is 1. The van der Waals surface area contributed by atoms with Gasteiger partial charge in [0, 0.05) is 50.1 Å². The topological polar surface area (TPSA) is 70.8 Å². The lowest BCUT2D eigenvalue weighted by Crippen LogP contribution is -2.46. The Morgan fingerprint density at radius 1 is 1.00 bits per heavy atom. The van der Waals surface area contributed by atoms with Gasteiger partial charge >= 0.3 is 5.97 Å². The van der Waals surface area contributed by atoms with Crippen molar-refractivity contribution in [1.82, 2.24) is 19.6 Å². The van der Waals surface area contributed by atoms with E-state index < -0.39 is 5.97 Å². The van der Waals surface area contributed by atoms with Crippen LogP contribution in [0.4, 0.5) is 0 Å². The van der Waals surface area contributed by atoms with E-state index in [4.69, 9.17) is 9.84 Å². The van der Waals surface area contributed by atoms with Crippen LogP contribution in [0.2, 0.25) is 0 Å². The van der Waals surface area contributed by atoms with Crippen molar-refractivity contribution in [2.75, 3.05) is 39.8 Å². The average Bonchev–Trinajstić information content (AvgIpc) is 3.66. The van der Waals surface area contributed by atoms with E-state index >= 15 is 0 Å². The summed E-state index contributed by atoms with van der Waals surface area (Å²) in [5.74, 6) is 1.87. The molecule has 0 unspecified atom stereocenters. The van der Waals surface area contributed by atoms with Gasteiger partial charge < -0.3 is 14.7 Å². The largest absolute Gasteiger partial charge is 0.497 e. The number of ether oxygens (including phenoxy) is 1. The molecule has 3 heterocycles. The number of hydrogen-bond acceptors (Lipinski definition) is 5. The smallest absolute Gasteiger partial charge is 0.321 e. The fourth-order valence-electron chi connectivity index (χ4n) is 8.55. The van der Waals surface area contributed by atoms with Gasteiger partial charge in [0.15, 0.2) is 0 Å². The van der Waals surface area contributed by atoms with Crippen LogP contribution in [-0.4, -0.2) is 76.5 Å². The molecule has 45 heavy (non-hydrogen) atoms. The van der Waals surface area contributed by atoms with E-state index in [2.05, 4.69) is 70.8 Å². The summed E-state index contributed by atoms with van der Waals surface area (Å²) in [6, 6.07) is 19.2. The summed E-state index contributed by atoms with van der Waals surface area (Å²) >= 11 is 0. The Hall–Kier alpha value is -3.16. The number of rotatable bonds is 11. The molecule has 3 aromatic rings. The van der Waals surface area contributed by atoms with Gasteiger partial charge in [-0.3, -0.25) is 14.4 Å². The van der Waals surface area contributed by atoms with E-state index in [9.17, 15) is 9.90 Å². The van der Waals surface area contributed by atoms with E-state index in [1.165, 1.54) is 41.6 Å². The van der Waals surface area contributed by atoms with Crippen molar-refractivity contribution in [2.24, 2.45) is 11.8 Å². The number of aryl methyl sites for hydroxylation is 2. The second-order valence-corrected chi connectivity index (χ2v) is 13.9. The highest BCUT2D eigenvalue weighted by Crippen LogP contribution is 2.39. The predicted octanol–water partition coefficient (Wildman–Crippen LogP) is 6.74. The van der Waals surface area contributed by atoms with E-state index in [0.717, 1.165) is 82.8 Å². The Labute approximate surface area is 269 Å². The minimum absolute atomic E-state index is 0.280. The van der Waals surface area contributed by atoms with Gasteiger partial charge in [-0.15, -0.1) is 0 Å². The van der Waals surface area contributed by atoms with Gasteiger partial charge in [-0.05, 0) is 93.8 Å². The molecule has 6 rings (SSSR count). The van der Waals surface area contributed by atoms with E-state index in [0.29, 0.717) is 17.8 Å². The van der Waals surface area contributed by atoms with Gasteiger partial charge in [-0.25, -0.2) is 0 Å². The SMILES string of the molecule is CCn1nc(Cc2ccc(OC)cc2)cc1C1CCN(C[C@H]2CN([C@@H](C(=O)O)C3CCCCC3)C[C@@H]2c2cccc(C)c2)CC1. The lowest BCUT2D eigenvalue weighted by Gasteiger charge is -2.35. The molecule has 1 aliphatic carbocycles. The van der Waals surface area contributed by atoms with E-state index in [1.54, 1.807) is 7.11 Å². The first-order valence-electron chi connectivity index (χ1n) is 17.4. The second kappa shape index (κ2) is 14.5. The first-order chi connectivity index (χ1) is 21.9. The molecule has 3 aliphatic rings. The molecule has 242 valence electrons. The van der Waals surface area contributed by atoms with Crippen LogP contribution in [0.5, 0.6) is 5.75 Å². The average molecular weight is 613 g/mol.